The maximum Gasteiger partial charge on any atom is 0.00706 e. The van der Waals surface area contributed by atoms with Gasteiger partial charge in [0.2, 0.25) is 0 Å². The minimum absolute atomic E-state index is 0.465. The minimum atomic E-state index is 0.465. The first kappa shape index (κ1) is 8.27. The Kier molecular flexibility index (Phi) is 2.47. The Balaban J connectivity index is 1.74. The van der Waals surface area contributed by atoms with Crippen LogP contribution in [0.1, 0.15) is 24.1 Å². The highest BCUT2D eigenvalue weighted by atomic mass is 32.1. The predicted molar refractivity (Wildman–Crippen MR) is 53.3 cm³/mol. The minimum Gasteiger partial charge on any atom is -0.327 e. The van der Waals surface area contributed by atoms with Crippen LogP contribution < -0.4 is 5.73 Å². The second-order valence-corrected chi connectivity index (χ2v) is 4.65. The molecule has 1 heterocycles. The Morgan fingerprint density at radius 3 is 3.00 bits per heavy atom. The van der Waals surface area contributed by atoms with Crippen molar-refractivity contribution in [1.29, 1.82) is 0 Å². The van der Waals surface area contributed by atoms with Crippen molar-refractivity contribution in [2.45, 2.75) is 31.7 Å². The number of thiophene rings is 1. The smallest absolute Gasteiger partial charge is 0.00706 e. The molecule has 2 rings (SSSR count). The second-order valence-electron chi connectivity index (χ2n) is 3.62. The van der Waals surface area contributed by atoms with Crippen LogP contribution >= 0.6 is 11.3 Å². The normalized spacial score (nSPS) is 19.4. The van der Waals surface area contributed by atoms with E-state index in [4.69, 9.17) is 5.73 Å². The van der Waals surface area contributed by atoms with Crippen LogP contribution in [0.4, 0.5) is 0 Å². The molecule has 1 aliphatic carbocycles. The monoisotopic (exact) mass is 181 g/mol. The van der Waals surface area contributed by atoms with E-state index in [0.29, 0.717) is 6.04 Å². The van der Waals surface area contributed by atoms with Gasteiger partial charge in [0.25, 0.3) is 0 Å². The van der Waals surface area contributed by atoms with Gasteiger partial charge >= 0.3 is 0 Å². The van der Waals surface area contributed by atoms with Gasteiger partial charge in [0, 0.05) is 10.9 Å². The van der Waals surface area contributed by atoms with Crippen LogP contribution in [0.25, 0.3) is 0 Å². The molecular formula is C10H15NS. The first-order valence-electron chi connectivity index (χ1n) is 4.64. The van der Waals surface area contributed by atoms with Crippen LogP contribution in [0.3, 0.4) is 0 Å². The predicted octanol–water partition coefficient (Wildman–Crippen LogP) is 2.42. The lowest BCUT2D eigenvalue weighted by atomic mass is 10.1. The standard InChI is InChI=1S/C10H15NS/c11-10(8-3-4-8)6-5-9-2-1-7-12-9/h1-2,7-8,10H,3-6,11H2. The van der Waals surface area contributed by atoms with Gasteiger partial charge in [-0.25, -0.2) is 0 Å². The molecule has 1 saturated carbocycles. The Labute approximate surface area is 77.6 Å². The van der Waals surface area contributed by atoms with Gasteiger partial charge in [0.15, 0.2) is 0 Å². The maximum absolute atomic E-state index is 6.00. The van der Waals surface area contributed by atoms with Gasteiger partial charge in [-0.3, -0.25) is 0 Å². The molecule has 0 bridgehead atoms. The zero-order chi connectivity index (χ0) is 8.39. The van der Waals surface area contributed by atoms with E-state index in [2.05, 4.69) is 17.5 Å². The Morgan fingerprint density at radius 1 is 1.58 bits per heavy atom. The van der Waals surface area contributed by atoms with Gasteiger partial charge in [0.1, 0.15) is 0 Å². The van der Waals surface area contributed by atoms with Crippen molar-refractivity contribution in [3.8, 4) is 0 Å². The van der Waals surface area contributed by atoms with Gasteiger partial charge in [-0.1, -0.05) is 6.07 Å². The molecule has 12 heavy (non-hydrogen) atoms. The van der Waals surface area contributed by atoms with Crippen molar-refractivity contribution >= 4 is 11.3 Å². The molecule has 1 aromatic heterocycles. The highest BCUT2D eigenvalue weighted by Crippen LogP contribution is 2.33. The molecule has 2 N–H and O–H groups in total. The highest BCUT2D eigenvalue weighted by Gasteiger charge is 2.27. The molecule has 0 saturated heterocycles. The molecule has 1 aromatic rings. The van der Waals surface area contributed by atoms with Crippen molar-refractivity contribution in [1.82, 2.24) is 0 Å². The Morgan fingerprint density at radius 2 is 2.42 bits per heavy atom. The first-order valence-corrected chi connectivity index (χ1v) is 5.52. The average molecular weight is 181 g/mol. The van der Waals surface area contributed by atoms with Crippen LogP contribution in [0.5, 0.6) is 0 Å². The van der Waals surface area contributed by atoms with Gasteiger partial charge in [-0.15, -0.1) is 11.3 Å². The summed E-state index contributed by atoms with van der Waals surface area (Å²) in [4.78, 5) is 1.48. The van der Waals surface area contributed by atoms with E-state index >= 15 is 0 Å². The number of aryl methyl sites for hydroxylation is 1. The molecule has 1 aliphatic rings. The molecule has 66 valence electrons. The summed E-state index contributed by atoms with van der Waals surface area (Å²) in [6, 6.07) is 4.78. The van der Waals surface area contributed by atoms with E-state index in [-0.39, 0.29) is 0 Å². The van der Waals surface area contributed by atoms with E-state index < -0.39 is 0 Å². The van der Waals surface area contributed by atoms with Gasteiger partial charge in [-0.2, -0.15) is 0 Å². The van der Waals surface area contributed by atoms with Crippen molar-refractivity contribution in [2.24, 2.45) is 11.7 Å². The van der Waals surface area contributed by atoms with Crippen molar-refractivity contribution in [2.75, 3.05) is 0 Å². The van der Waals surface area contributed by atoms with Crippen LogP contribution in [0.2, 0.25) is 0 Å². The zero-order valence-corrected chi connectivity index (χ0v) is 8.02. The average Bonchev–Trinajstić information content (AvgIpc) is 2.80. The SMILES string of the molecule is NC(CCc1cccs1)C1CC1. The number of hydrogen-bond acceptors (Lipinski definition) is 2. The summed E-state index contributed by atoms with van der Waals surface area (Å²) in [7, 11) is 0. The van der Waals surface area contributed by atoms with E-state index in [9.17, 15) is 0 Å². The fourth-order valence-electron chi connectivity index (χ4n) is 1.52. The third kappa shape index (κ3) is 2.08. The van der Waals surface area contributed by atoms with Crippen LogP contribution in [-0.2, 0) is 6.42 Å². The Bertz CT molecular complexity index is 226. The van der Waals surface area contributed by atoms with E-state index in [1.807, 2.05) is 11.3 Å². The van der Waals surface area contributed by atoms with Gasteiger partial charge < -0.3 is 5.73 Å². The molecule has 2 heteroatoms. The first-order chi connectivity index (χ1) is 5.86. The summed E-state index contributed by atoms with van der Waals surface area (Å²) in [5.41, 5.74) is 6.00. The summed E-state index contributed by atoms with van der Waals surface area (Å²) in [6.07, 6.45) is 5.08. The maximum atomic E-state index is 6.00. The fourth-order valence-corrected chi connectivity index (χ4v) is 2.25. The Hall–Kier alpha value is -0.340. The number of rotatable bonds is 4. The molecule has 0 aliphatic heterocycles. The molecule has 0 radical (unpaired) electrons. The van der Waals surface area contributed by atoms with E-state index in [1.54, 1.807) is 0 Å². The van der Waals surface area contributed by atoms with Crippen LogP contribution in [0.15, 0.2) is 17.5 Å². The topological polar surface area (TPSA) is 26.0 Å². The van der Waals surface area contributed by atoms with E-state index in [0.717, 1.165) is 5.92 Å². The lowest BCUT2D eigenvalue weighted by molar-refractivity contribution is 0.552. The highest BCUT2D eigenvalue weighted by molar-refractivity contribution is 7.09. The van der Waals surface area contributed by atoms with Gasteiger partial charge in [-0.05, 0) is 43.0 Å². The summed E-state index contributed by atoms with van der Waals surface area (Å²) in [5.74, 6) is 0.852. The zero-order valence-electron chi connectivity index (χ0n) is 7.20. The van der Waals surface area contributed by atoms with Crippen LogP contribution in [0, 0.1) is 5.92 Å². The molecule has 1 atom stereocenters. The molecule has 1 fully saturated rings. The number of nitrogens with two attached hydrogens (primary N) is 1. The summed E-state index contributed by atoms with van der Waals surface area (Å²) in [6.45, 7) is 0. The number of hydrogen-bond donors (Lipinski definition) is 1. The molecule has 0 amide bonds. The third-order valence-electron chi connectivity index (χ3n) is 2.53. The molecule has 0 aromatic carbocycles. The third-order valence-corrected chi connectivity index (χ3v) is 3.47. The van der Waals surface area contributed by atoms with Crippen LogP contribution in [-0.4, -0.2) is 6.04 Å². The largest absolute Gasteiger partial charge is 0.327 e. The molecule has 0 spiro atoms. The molecule has 1 unspecified atom stereocenters. The second kappa shape index (κ2) is 3.58. The van der Waals surface area contributed by atoms with E-state index in [1.165, 1.54) is 30.6 Å². The molecule has 1 nitrogen and oxygen atoms in total. The lowest BCUT2D eigenvalue weighted by Gasteiger charge is -2.07. The van der Waals surface area contributed by atoms with Crippen molar-refractivity contribution in [3.63, 3.8) is 0 Å². The summed E-state index contributed by atoms with van der Waals surface area (Å²) < 4.78 is 0. The molecular weight excluding hydrogens is 166 g/mol. The van der Waals surface area contributed by atoms with Gasteiger partial charge in [0.05, 0.1) is 0 Å². The van der Waals surface area contributed by atoms with Crippen molar-refractivity contribution < 1.29 is 0 Å². The summed E-state index contributed by atoms with van der Waals surface area (Å²) >= 11 is 1.84. The van der Waals surface area contributed by atoms with Crippen molar-refractivity contribution in [3.05, 3.63) is 22.4 Å². The quantitative estimate of drug-likeness (QED) is 0.758. The fraction of sp³-hybridized carbons (Fsp3) is 0.600. The lowest BCUT2D eigenvalue weighted by Crippen LogP contribution is -2.22. The summed E-state index contributed by atoms with van der Waals surface area (Å²) in [5, 5.41) is 2.14.